The summed E-state index contributed by atoms with van der Waals surface area (Å²) in [7, 11) is -4.69. The van der Waals surface area contributed by atoms with Gasteiger partial charge in [0.15, 0.2) is 23.4 Å². The van der Waals surface area contributed by atoms with E-state index in [1.54, 1.807) is 6.07 Å². The van der Waals surface area contributed by atoms with Crippen LogP contribution in [0.2, 0.25) is 0 Å². The van der Waals surface area contributed by atoms with Crippen LogP contribution < -0.4 is 30.5 Å². The van der Waals surface area contributed by atoms with Gasteiger partial charge in [-0.05, 0) is 12.1 Å². The van der Waals surface area contributed by atoms with Crippen molar-refractivity contribution in [3.63, 3.8) is 0 Å². The highest BCUT2D eigenvalue weighted by molar-refractivity contribution is 7.47. The van der Waals surface area contributed by atoms with E-state index < -0.39 is 20.5 Å². The molecule has 0 saturated heterocycles. The van der Waals surface area contributed by atoms with Crippen molar-refractivity contribution in [2.75, 3.05) is 39.4 Å². The number of ether oxygens (including phenoxy) is 1. The Morgan fingerprint density at radius 1 is 0.973 bits per heavy atom. The number of hydrogen-bond donors (Lipinski definition) is 7. The Morgan fingerprint density at radius 3 is 2.14 bits per heavy atom. The maximum Gasteiger partial charge on any atom is 0.528 e. The lowest BCUT2D eigenvalue weighted by Crippen LogP contribution is -2.34. The average molecular weight is 535 g/mol. The second kappa shape index (κ2) is 12.6. The maximum atomic E-state index is 12.5. The van der Waals surface area contributed by atoms with Crippen LogP contribution in [0.15, 0.2) is 52.4 Å². The molecule has 0 aliphatic carbocycles. The predicted octanol–water partition coefficient (Wildman–Crippen LogP) is 0.426. The third-order valence-corrected chi connectivity index (χ3v) is 6.39. The number of benzene rings is 2. The molecule has 200 valence electrons. The Kier molecular flexibility index (Phi) is 9.07. The number of aromatic hydroxyl groups is 1. The molecule has 2 unspecified atom stereocenters. The molecule has 0 saturated carbocycles. The zero-order valence-corrected chi connectivity index (χ0v) is 21.0. The minimum Gasteiger partial charge on any atom is -0.504 e. The third-order valence-electron chi connectivity index (χ3n) is 5.40. The molecule has 2 aromatic rings. The molecule has 0 radical (unpaired) electrons. The summed E-state index contributed by atoms with van der Waals surface area (Å²) in [5.74, 6) is 1.37. The molecule has 0 spiro atoms. The number of guanidine groups is 2. The molecule has 7 N–H and O–H groups in total. The number of phenols is 1. The Labute approximate surface area is 214 Å². The number of aliphatic imine (C=N–C) groups is 2. The van der Waals surface area contributed by atoms with Crippen molar-refractivity contribution in [2.24, 2.45) is 9.98 Å². The molecule has 13 nitrogen and oxygen atoms in total. The zero-order valence-electron chi connectivity index (χ0n) is 20.1. The second-order valence-electron chi connectivity index (χ2n) is 8.18. The molecule has 0 fully saturated rings. The normalized spacial score (nSPS) is 17.0. The lowest BCUT2D eigenvalue weighted by molar-refractivity contribution is 0.0479. The summed E-state index contributed by atoms with van der Waals surface area (Å²) in [4.78, 5) is 18.9. The molecule has 2 atom stereocenters. The summed E-state index contributed by atoms with van der Waals surface area (Å²) in [5, 5.41) is 32.4. The van der Waals surface area contributed by atoms with Crippen LogP contribution in [0.25, 0.3) is 0 Å². The standard InChI is InChI=1S/C23H31N6O7P/c30-14-18(35-37(32,33)36-20-7-2-1-6-19(20)31)15-34-21-16(12-28-22-24-8-9-25-22)4-3-5-17(21)13-29-23-26-10-11-27-23/h1-7,18,30-31H,8-15H2,(H,32,33)(H2,24,25,28)(H2,26,27,29). The van der Waals surface area contributed by atoms with Crippen molar-refractivity contribution in [2.45, 2.75) is 19.2 Å². The van der Waals surface area contributed by atoms with E-state index in [2.05, 4.69) is 31.3 Å². The lowest BCUT2D eigenvalue weighted by atomic mass is 10.1. The van der Waals surface area contributed by atoms with Crippen molar-refractivity contribution >= 4 is 19.7 Å². The summed E-state index contributed by atoms with van der Waals surface area (Å²) < 4.78 is 28.7. The van der Waals surface area contributed by atoms with Crippen molar-refractivity contribution < 1.29 is 33.5 Å². The average Bonchev–Trinajstić information content (AvgIpc) is 3.60. The SMILES string of the molecule is O=P(O)(Oc1ccccc1O)OC(CO)COc1c(CNC2=NCCN2)cccc1CNC1=NCCN1. The van der Waals surface area contributed by atoms with Gasteiger partial charge >= 0.3 is 7.82 Å². The third kappa shape index (κ3) is 7.73. The van der Waals surface area contributed by atoms with Crippen LogP contribution in [0.1, 0.15) is 11.1 Å². The molecule has 14 heteroatoms. The number of phenolic OH excluding ortho intramolecular Hbond substituents is 1. The van der Waals surface area contributed by atoms with Gasteiger partial charge in [0.05, 0.1) is 19.7 Å². The molecule has 2 aromatic carbocycles. The molecule has 37 heavy (non-hydrogen) atoms. The van der Waals surface area contributed by atoms with E-state index in [1.807, 2.05) is 18.2 Å². The molecule has 0 amide bonds. The molecular formula is C23H31N6O7P. The first-order valence-corrected chi connectivity index (χ1v) is 13.3. The van der Waals surface area contributed by atoms with Crippen LogP contribution in [0.5, 0.6) is 17.2 Å². The highest BCUT2D eigenvalue weighted by Gasteiger charge is 2.30. The van der Waals surface area contributed by atoms with E-state index in [1.165, 1.54) is 18.2 Å². The minimum atomic E-state index is -4.69. The summed E-state index contributed by atoms with van der Waals surface area (Å²) in [6, 6.07) is 11.4. The number of phosphoric ester groups is 1. The highest BCUT2D eigenvalue weighted by atomic mass is 31.2. The van der Waals surface area contributed by atoms with Gasteiger partial charge in [0.1, 0.15) is 18.5 Å². The van der Waals surface area contributed by atoms with Gasteiger partial charge in [-0.2, -0.15) is 0 Å². The molecule has 0 bridgehead atoms. The Balaban J connectivity index is 1.45. The van der Waals surface area contributed by atoms with Crippen molar-refractivity contribution in [1.29, 1.82) is 0 Å². The van der Waals surface area contributed by atoms with Crippen molar-refractivity contribution in [3.8, 4) is 17.2 Å². The van der Waals surface area contributed by atoms with Gasteiger partial charge in [-0.15, -0.1) is 0 Å². The van der Waals surface area contributed by atoms with Crippen LogP contribution in [0, 0.1) is 0 Å². The summed E-state index contributed by atoms with van der Waals surface area (Å²) >= 11 is 0. The Bertz CT molecular complexity index is 1130. The molecular weight excluding hydrogens is 503 g/mol. The molecule has 4 rings (SSSR count). The van der Waals surface area contributed by atoms with Crippen LogP contribution in [0.4, 0.5) is 0 Å². The van der Waals surface area contributed by atoms with Crippen LogP contribution in [-0.4, -0.2) is 72.5 Å². The number of phosphoric acid groups is 1. The van der Waals surface area contributed by atoms with E-state index in [4.69, 9.17) is 13.8 Å². The monoisotopic (exact) mass is 534 g/mol. The molecule has 2 aliphatic heterocycles. The number of rotatable bonds is 12. The summed E-state index contributed by atoms with van der Waals surface area (Å²) in [5.41, 5.74) is 1.62. The number of nitrogens with zero attached hydrogens (tertiary/aromatic N) is 2. The van der Waals surface area contributed by atoms with Crippen molar-refractivity contribution in [1.82, 2.24) is 21.3 Å². The smallest absolute Gasteiger partial charge is 0.504 e. The molecule has 2 aliphatic rings. The van der Waals surface area contributed by atoms with Gasteiger partial charge in [0, 0.05) is 37.3 Å². The van der Waals surface area contributed by atoms with E-state index >= 15 is 0 Å². The van der Waals surface area contributed by atoms with Crippen LogP contribution >= 0.6 is 7.82 Å². The topological polar surface area (TPSA) is 178 Å². The first-order chi connectivity index (χ1) is 17.9. The van der Waals surface area contributed by atoms with Gasteiger partial charge in [-0.3, -0.25) is 19.4 Å². The number of aliphatic hydroxyl groups is 1. The summed E-state index contributed by atoms with van der Waals surface area (Å²) in [6.07, 6.45) is -1.19. The highest BCUT2D eigenvalue weighted by Crippen LogP contribution is 2.47. The number of nitrogens with one attached hydrogen (secondary N) is 4. The van der Waals surface area contributed by atoms with E-state index in [9.17, 15) is 19.7 Å². The van der Waals surface area contributed by atoms with Gasteiger partial charge in [0.2, 0.25) is 0 Å². The predicted molar refractivity (Wildman–Crippen MR) is 137 cm³/mol. The van der Waals surface area contributed by atoms with Crippen molar-refractivity contribution in [3.05, 3.63) is 53.6 Å². The Morgan fingerprint density at radius 2 is 1.59 bits per heavy atom. The van der Waals surface area contributed by atoms with Gasteiger partial charge in [0.25, 0.3) is 0 Å². The van der Waals surface area contributed by atoms with Gasteiger partial charge in [-0.1, -0.05) is 30.3 Å². The zero-order chi connectivity index (χ0) is 26.1. The second-order valence-corrected chi connectivity index (χ2v) is 9.51. The number of hydrogen-bond acceptors (Lipinski definition) is 12. The molecule has 0 aromatic heterocycles. The first kappa shape index (κ1) is 26.6. The summed E-state index contributed by atoms with van der Waals surface area (Å²) in [6.45, 7) is 2.91. The fourth-order valence-corrected chi connectivity index (χ4v) is 4.60. The lowest BCUT2D eigenvalue weighted by Gasteiger charge is -2.22. The van der Waals surface area contributed by atoms with Crippen LogP contribution in [-0.2, 0) is 22.2 Å². The van der Waals surface area contributed by atoms with E-state index in [0.29, 0.717) is 43.8 Å². The first-order valence-electron chi connectivity index (χ1n) is 11.8. The fraction of sp³-hybridized carbons (Fsp3) is 0.391. The number of para-hydroxylation sites is 3. The largest absolute Gasteiger partial charge is 0.528 e. The quantitative estimate of drug-likeness (QED) is 0.188. The fourth-order valence-electron chi connectivity index (χ4n) is 3.65. The molecule has 2 heterocycles. The maximum absolute atomic E-state index is 12.5. The number of aliphatic hydroxyl groups excluding tert-OH is 1. The van der Waals surface area contributed by atoms with Gasteiger partial charge < -0.3 is 40.7 Å². The van der Waals surface area contributed by atoms with Gasteiger partial charge in [-0.25, -0.2) is 4.57 Å². The minimum absolute atomic E-state index is 0.220. The Hall–Kier alpha value is -3.51. The van der Waals surface area contributed by atoms with E-state index in [-0.39, 0.29) is 18.1 Å². The van der Waals surface area contributed by atoms with E-state index in [0.717, 1.165) is 24.2 Å². The van der Waals surface area contributed by atoms with Crippen LogP contribution in [0.3, 0.4) is 0 Å².